The minimum absolute atomic E-state index is 0.528. The Hall–Kier alpha value is -1.49. The van der Waals surface area contributed by atoms with Crippen molar-refractivity contribution in [1.82, 2.24) is 15.5 Å². The average Bonchev–Trinajstić information content (AvgIpc) is 2.82. The molecule has 3 heterocycles. The maximum Gasteiger partial charge on any atom is 0.191 e. The van der Waals surface area contributed by atoms with E-state index in [1.807, 2.05) is 20.9 Å². The van der Waals surface area contributed by atoms with Crippen molar-refractivity contribution in [3.05, 3.63) is 23.2 Å². The number of nitrogens with one attached hydrogen (secondary N) is 2. The minimum Gasteiger partial charge on any atom is -0.466 e. The highest BCUT2D eigenvalue weighted by molar-refractivity contribution is 5.80. The Morgan fingerprint density at radius 2 is 2.00 bits per heavy atom. The standard InChI is InChI=1S/C18H30N4O/c1-12-8-14(13(2)23-12)11-20-18(19-3)21-15-9-16-6-5-7-17(10-15)22(16)4/h8,15-17H,5-7,9-11H2,1-4H3,(H2,19,20,21). The molecule has 1 aromatic heterocycles. The maximum atomic E-state index is 5.59. The summed E-state index contributed by atoms with van der Waals surface area (Å²) in [7, 11) is 4.14. The first kappa shape index (κ1) is 16.4. The molecule has 5 heteroatoms. The van der Waals surface area contributed by atoms with E-state index in [1.54, 1.807) is 0 Å². The smallest absolute Gasteiger partial charge is 0.191 e. The van der Waals surface area contributed by atoms with Crippen molar-refractivity contribution in [2.24, 2.45) is 4.99 Å². The SMILES string of the molecule is CN=C(NCc1cc(C)oc1C)NC1CC2CCCC(C1)N2C. The summed E-state index contributed by atoms with van der Waals surface area (Å²) in [6.45, 7) is 4.75. The molecule has 0 saturated carbocycles. The van der Waals surface area contributed by atoms with Crippen molar-refractivity contribution in [3.63, 3.8) is 0 Å². The zero-order chi connectivity index (χ0) is 16.4. The van der Waals surface area contributed by atoms with Gasteiger partial charge in [-0.25, -0.2) is 0 Å². The second-order valence-corrected chi connectivity index (χ2v) is 7.08. The van der Waals surface area contributed by atoms with E-state index in [0.717, 1.165) is 36.1 Å². The summed E-state index contributed by atoms with van der Waals surface area (Å²) in [4.78, 5) is 6.99. The van der Waals surface area contributed by atoms with E-state index in [4.69, 9.17) is 4.42 Å². The number of nitrogens with zero attached hydrogens (tertiary/aromatic N) is 2. The van der Waals surface area contributed by atoms with Gasteiger partial charge in [0.25, 0.3) is 0 Å². The number of aryl methyl sites for hydroxylation is 2. The lowest BCUT2D eigenvalue weighted by Crippen LogP contribution is -2.56. The van der Waals surface area contributed by atoms with Gasteiger partial charge in [-0.3, -0.25) is 4.99 Å². The molecule has 23 heavy (non-hydrogen) atoms. The van der Waals surface area contributed by atoms with Crippen LogP contribution in [-0.2, 0) is 6.54 Å². The predicted molar refractivity (Wildman–Crippen MR) is 93.7 cm³/mol. The molecule has 2 atom stereocenters. The van der Waals surface area contributed by atoms with Gasteiger partial charge < -0.3 is 20.0 Å². The number of guanidine groups is 1. The molecule has 2 aliphatic heterocycles. The molecule has 2 unspecified atom stereocenters. The second kappa shape index (κ2) is 6.95. The number of hydrogen-bond acceptors (Lipinski definition) is 3. The van der Waals surface area contributed by atoms with E-state index >= 15 is 0 Å². The van der Waals surface area contributed by atoms with E-state index in [0.29, 0.717) is 6.04 Å². The Balaban J connectivity index is 1.54. The van der Waals surface area contributed by atoms with Gasteiger partial charge >= 0.3 is 0 Å². The molecular formula is C18H30N4O. The van der Waals surface area contributed by atoms with Crippen LogP contribution in [0.4, 0.5) is 0 Å². The topological polar surface area (TPSA) is 52.8 Å². The molecule has 2 fully saturated rings. The Bertz CT molecular complexity index is 551. The van der Waals surface area contributed by atoms with E-state index in [2.05, 4.69) is 33.6 Å². The van der Waals surface area contributed by atoms with Crippen LogP contribution in [-0.4, -0.2) is 43.1 Å². The van der Waals surface area contributed by atoms with Gasteiger partial charge in [0.15, 0.2) is 5.96 Å². The third-order valence-corrected chi connectivity index (χ3v) is 5.49. The quantitative estimate of drug-likeness (QED) is 0.664. The first-order valence-electron chi connectivity index (χ1n) is 8.82. The molecule has 0 radical (unpaired) electrons. The zero-order valence-corrected chi connectivity index (χ0v) is 14.9. The van der Waals surface area contributed by atoms with Crippen LogP contribution < -0.4 is 10.6 Å². The second-order valence-electron chi connectivity index (χ2n) is 7.08. The van der Waals surface area contributed by atoms with Crippen molar-refractivity contribution in [2.45, 2.75) is 70.6 Å². The molecule has 5 nitrogen and oxygen atoms in total. The lowest BCUT2D eigenvalue weighted by atomic mass is 9.82. The summed E-state index contributed by atoms with van der Waals surface area (Å²) < 4.78 is 5.59. The van der Waals surface area contributed by atoms with Crippen LogP contribution in [0.5, 0.6) is 0 Å². The largest absolute Gasteiger partial charge is 0.466 e. The third kappa shape index (κ3) is 3.71. The van der Waals surface area contributed by atoms with Crippen molar-refractivity contribution >= 4 is 5.96 Å². The molecular weight excluding hydrogens is 288 g/mol. The summed E-state index contributed by atoms with van der Waals surface area (Å²) in [6.07, 6.45) is 6.50. The lowest BCUT2D eigenvalue weighted by Gasteiger charge is -2.47. The van der Waals surface area contributed by atoms with Gasteiger partial charge in [-0.1, -0.05) is 6.42 Å². The van der Waals surface area contributed by atoms with Gasteiger partial charge in [0.2, 0.25) is 0 Å². The summed E-state index contributed by atoms with van der Waals surface area (Å²) >= 11 is 0. The monoisotopic (exact) mass is 318 g/mol. The molecule has 2 bridgehead atoms. The zero-order valence-electron chi connectivity index (χ0n) is 14.9. The Kier molecular flexibility index (Phi) is 4.95. The van der Waals surface area contributed by atoms with Crippen LogP contribution in [0.1, 0.15) is 49.2 Å². The van der Waals surface area contributed by atoms with Gasteiger partial charge in [-0.05, 0) is 52.6 Å². The first-order chi connectivity index (χ1) is 11.1. The fourth-order valence-electron chi connectivity index (χ4n) is 4.16. The Labute approximate surface area is 139 Å². The maximum absolute atomic E-state index is 5.59. The van der Waals surface area contributed by atoms with Crippen molar-refractivity contribution in [1.29, 1.82) is 0 Å². The molecule has 2 aliphatic rings. The van der Waals surface area contributed by atoms with Crippen molar-refractivity contribution in [2.75, 3.05) is 14.1 Å². The number of aliphatic imine (C=N–C) groups is 1. The van der Waals surface area contributed by atoms with Crippen LogP contribution in [0.15, 0.2) is 15.5 Å². The van der Waals surface area contributed by atoms with E-state index in [1.165, 1.54) is 37.7 Å². The van der Waals surface area contributed by atoms with Gasteiger partial charge in [-0.2, -0.15) is 0 Å². The molecule has 3 rings (SSSR count). The van der Waals surface area contributed by atoms with E-state index in [9.17, 15) is 0 Å². The molecule has 128 valence electrons. The van der Waals surface area contributed by atoms with Gasteiger partial charge in [-0.15, -0.1) is 0 Å². The number of furan rings is 1. The molecule has 0 amide bonds. The highest BCUT2D eigenvalue weighted by Gasteiger charge is 2.36. The van der Waals surface area contributed by atoms with Gasteiger partial charge in [0.05, 0.1) is 0 Å². The molecule has 0 aromatic carbocycles. The molecule has 1 aromatic rings. The number of piperidine rings is 2. The Morgan fingerprint density at radius 3 is 2.57 bits per heavy atom. The van der Waals surface area contributed by atoms with Gasteiger partial charge in [0, 0.05) is 37.3 Å². The summed E-state index contributed by atoms with van der Waals surface area (Å²) in [6, 6.07) is 4.09. The van der Waals surface area contributed by atoms with E-state index in [-0.39, 0.29) is 0 Å². The van der Waals surface area contributed by atoms with Crippen LogP contribution in [0.25, 0.3) is 0 Å². The summed E-state index contributed by atoms with van der Waals surface area (Å²) in [5.74, 6) is 2.85. The molecule has 0 spiro atoms. The van der Waals surface area contributed by atoms with Gasteiger partial charge in [0.1, 0.15) is 11.5 Å². The van der Waals surface area contributed by atoms with Crippen LogP contribution in [0.3, 0.4) is 0 Å². The van der Waals surface area contributed by atoms with Crippen molar-refractivity contribution in [3.8, 4) is 0 Å². The van der Waals surface area contributed by atoms with Crippen molar-refractivity contribution < 1.29 is 4.42 Å². The minimum atomic E-state index is 0.528. The highest BCUT2D eigenvalue weighted by atomic mass is 16.3. The number of rotatable bonds is 3. The van der Waals surface area contributed by atoms with Crippen LogP contribution >= 0.6 is 0 Å². The van der Waals surface area contributed by atoms with E-state index < -0.39 is 0 Å². The molecule has 2 N–H and O–H groups in total. The number of hydrogen-bond donors (Lipinski definition) is 2. The van der Waals surface area contributed by atoms with Crippen LogP contribution in [0, 0.1) is 13.8 Å². The highest BCUT2D eigenvalue weighted by Crippen LogP contribution is 2.32. The fraction of sp³-hybridized carbons (Fsp3) is 0.722. The summed E-state index contributed by atoms with van der Waals surface area (Å²) in [5, 5.41) is 7.06. The fourth-order valence-corrected chi connectivity index (χ4v) is 4.16. The average molecular weight is 318 g/mol. The normalized spacial score (nSPS) is 28.7. The first-order valence-corrected chi connectivity index (χ1v) is 8.82. The summed E-state index contributed by atoms with van der Waals surface area (Å²) in [5.41, 5.74) is 1.20. The number of fused-ring (bicyclic) bond motifs is 2. The molecule has 0 aliphatic carbocycles. The molecule has 2 saturated heterocycles. The third-order valence-electron chi connectivity index (χ3n) is 5.49. The Morgan fingerprint density at radius 1 is 1.30 bits per heavy atom. The lowest BCUT2D eigenvalue weighted by molar-refractivity contribution is 0.0526. The predicted octanol–water partition coefficient (Wildman–Crippen LogP) is 2.58. The van der Waals surface area contributed by atoms with Crippen LogP contribution in [0.2, 0.25) is 0 Å².